The number of rotatable bonds is 3. The molecule has 0 radical (unpaired) electrons. The summed E-state index contributed by atoms with van der Waals surface area (Å²) < 4.78 is 1.60. The Kier molecular flexibility index (Phi) is 2.95. The third-order valence-electron chi connectivity index (χ3n) is 2.68. The molecule has 1 heterocycles. The van der Waals surface area contributed by atoms with Crippen molar-refractivity contribution >= 4 is 0 Å². The second-order valence-electron chi connectivity index (χ2n) is 3.89. The van der Waals surface area contributed by atoms with E-state index < -0.39 is 0 Å². The highest BCUT2D eigenvalue weighted by Gasteiger charge is 2.13. The molecule has 1 aromatic carbocycles. The summed E-state index contributed by atoms with van der Waals surface area (Å²) in [5.74, 6) is 0.245. The molecule has 2 rings (SSSR count). The molecule has 0 aliphatic heterocycles. The van der Waals surface area contributed by atoms with Crippen molar-refractivity contribution in [2.24, 2.45) is 0 Å². The lowest BCUT2D eigenvalue weighted by Gasteiger charge is -2.01. The quantitative estimate of drug-likeness (QED) is 0.856. The van der Waals surface area contributed by atoms with Gasteiger partial charge in [0.2, 0.25) is 5.88 Å². The second kappa shape index (κ2) is 4.39. The van der Waals surface area contributed by atoms with E-state index in [1.165, 1.54) is 0 Å². The van der Waals surface area contributed by atoms with E-state index in [9.17, 15) is 5.11 Å². The molecule has 3 nitrogen and oxygen atoms in total. The standard InChI is InChI=1S/C13H16N2O/c1-3-7-12-10(2)13(16)15(14-12)11-8-5-4-6-9-11/h4-6,8-9,16H,3,7H2,1-2H3. The highest BCUT2D eigenvalue weighted by Crippen LogP contribution is 2.24. The lowest BCUT2D eigenvalue weighted by Crippen LogP contribution is -1.96. The van der Waals surface area contributed by atoms with Crippen molar-refractivity contribution < 1.29 is 5.11 Å². The zero-order valence-electron chi connectivity index (χ0n) is 9.64. The third-order valence-corrected chi connectivity index (χ3v) is 2.68. The van der Waals surface area contributed by atoms with Gasteiger partial charge in [-0.2, -0.15) is 5.10 Å². The van der Waals surface area contributed by atoms with Crippen molar-refractivity contribution in [3.05, 3.63) is 41.6 Å². The van der Waals surface area contributed by atoms with E-state index in [2.05, 4.69) is 12.0 Å². The molecule has 0 aliphatic carbocycles. The number of aryl methyl sites for hydroxylation is 1. The van der Waals surface area contributed by atoms with Gasteiger partial charge >= 0.3 is 0 Å². The van der Waals surface area contributed by atoms with Crippen LogP contribution in [0.3, 0.4) is 0 Å². The van der Waals surface area contributed by atoms with Gasteiger partial charge in [0, 0.05) is 5.56 Å². The van der Waals surface area contributed by atoms with Crippen LogP contribution in [0.2, 0.25) is 0 Å². The molecule has 1 aromatic heterocycles. The number of nitrogens with zero attached hydrogens (tertiary/aromatic N) is 2. The highest BCUT2D eigenvalue weighted by molar-refractivity contribution is 5.39. The van der Waals surface area contributed by atoms with Crippen molar-refractivity contribution in [3.63, 3.8) is 0 Å². The van der Waals surface area contributed by atoms with E-state index in [4.69, 9.17) is 0 Å². The van der Waals surface area contributed by atoms with Crippen molar-refractivity contribution in [2.75, 3.05) is 0 Å². The maximum Gasteiger partial charge on any atom is 0.217 e. The molecule has 0 saturated heterocycles. The Hall–Kier alpha value is -1.77. The molecule has 0 saturated carbocycles. The van der Waals surface area contributed by atoms with Crippen LogP contribution in [0.15, 0.2) is 30.3 Å². The number of hydrogen-bond donors (Lipinski definition) is 1. The smallest absolute Gasteiger partial charge is 0.217 e. The highest BCUT2D eigenvalue weighted by atomic mass is 16.3. The van der Waals surface area contributed by atoms with Crippen LogP contribution in [-0.4, -0.2) is 14.9 Å². The third kappa shape index (κ3) is 1.81. The van der Waals surface area contributed by atoms with E-state index in [1.54, 1.807) is 4.68 Å². The molecule has 0 amide bonds. The molecule has 0 atom stereocenters. The predicted octanol–water partition coefficient (Wildman–Crippen LogP) is 2.84. The number of benzene rings is 1. The van der Waals surface area contributed by atoms with Crippen LogP contribution in [-0.2, 0) is 6.42 Å². The number of para-hydroxylation sites is 1. The Morgan fingerprint density at radius 3 is 2.56 bits per heavy atom. The molecule has 0 aliphatic rings. The first-order valence-corrected chi connectivity index (χ1v) is 5.57. The van der Waals surface area contributed by atoms with Gasteiger partial charge in [-0.15, -0.1) is 0 Å². The molecule has 1 N–H and O–H groups in total. The average Bonchev–Trinajstić information content (AvgIpc) is 2.59. The average molecular weight is 216 g/mol. The van der Waals surface area contributed by atoms with E-state index in [-0.39, 0.29) is 5.88 Å². The lowest BCUT2D eigenvalue weighted by atomic mass is 10.2. The zero-order valence-corrected chi connectivity index (χ0v) is 9.64. The van der Waals surface area contributed by atoms with Crippen LogP contribution in [0.1, 0.15) is 24.6 Å². The summed E-state index contributed by atoms with van der Waals surface area (Å²) in [5, 5.41) is 14.4. The molecule has 3 heteroatoms. The van der Waals surface area contributed by atoms with Gasteiger partial charge in [0.25, 0.3) is 0 Å². The maximum absolute atomic E-state index is 10.00. The largest absolute Gasteiger partial charge is 0.493 e. The first-order valence-electron chi connectivity index (χ1n) is 5.57. The second-order valence-corrected chi connectivity index (χ2v) is 3.89. The zero-order chi connectivity index (χ0) is 11.5. The first-order chi connectivity index (χ1) is 7.74. The van der Waals surface area contributed by atoms with Crippen LogP contribution >= 0.6 is 0 Å². The summed E-state index contributed by atoms with van der Waals surface area (Å²) >= 11 is 0. The fourth-order valence-corrected chi connectivity index (χ4v) is 1.75. The Labute approximate surface area is 95.3 Å². The van der Waals surface area contributed by atoms with Gasteiger partial charge < -0.3 is 5.11 Å². The molecular formula is C13H16N2O. The molecule has 16 heavy (non-hydrogen) atoms. The van der Waals surface area contributed by atoms with E-state index >= 15 is 0 Å². The van der Waals surface area contributed by atoms with Crippen LogP contribution in [0.5, 0.6) is 5.88 Å². The normalized spacial score (nSPS) is 10.6. The monoisotopic (exact) mass is 216 g/mol. The molecule has 2 aromatic rings. The minimum Gasteiger partial charge on any atom is -0.493 e. The first kappa shape index (κ1) is 10.7. The number of aromatic hydroxyl groups is 1. The fraction of sp³-hybridized carbons (Fsp3) is 0.308. The van der Waals surface area contributed by atoms with Gasteiger partial charge in [-0.3, -0.25) is 0 Å². The minimum absolute atomic E-state index is 0.245. The van der Waals surface area contributed by atoms with Gasteiger partial charge in [-0.05, 0) is 25.5 Å². The van der Waals surface area contributed by atoms with Crippen molar-refractivity contribution in [1.29, 1.82) is 0 Å². The van der Waals surface area contributed by atoms with E-state index in [0.29, 0.717) is 0 Å². The van der Waals surface area contributed by atoms with Gasteiger partial charge in [0.1, 0.15) is 0 Å². The van der Waals surface area contributed by atoms with Gasteiger partial charge in [0.05, 0.1) is 11.4 Å². The summed E-state index contributed by atoms with van der Waals surface area (Å²) in [5.41, 5.74) is 2.75. The van der Waals surface area contributed by atoms with Crippen LogP contribution in [0.25, 0.3) is 5.69 Å². The Balaban J connectivity index is 2.46. The maximum atomic E-state index is 10.00. The Morgan fingerprint density at radius 1 is 1.25 bits per heavy atom. The minimum atomic E-state index is 0.245. The topological polar surface area (TPSA) is 38.0 Å². The lowest BCUT2D eigenvalue weighted by molar-refractivity contribution is 0.430. The Morgan fingerprint density at radius 2 is 1.94 bits per heavy atom. The van der Waals surface area contributed by atoms with Crippen LogP contribution in [0, 0.1) is 6.92 Å². The molecule has 0 spiro atoms. The molecular weight excluding hydrogens is 200 g/mol. The van der Waals surface area contributed by atoms with Crippen LogP contribution < -0.4 is 0 Å². The van der Waals surface area contributed by atoms with Gasteiger partial charge in [0.15, 0.2) is 0 Å². The molecule has 84 valence electrons. The van der Waals surface area contributed by atoms with E-state index in [0.717, 1.165) is 29.8 Å². The fourth-order valence-electron chi connectivity index (χ4n) is 1.75. The molecule has 0 fully saturated rings. The molecule has 0 bridgehead atoms. The molecule has 0 unspecified atom stereocenters. The summed E-state index contributed by atoms with van der Waals surface area (Å²) in [7, 11) is 0. The van der Waals surface area contributed by atoms with Crippen molar-refractivity contribution in [2.45, 2.75) is 26.7 Å². The predicted molar refractivity (Wildman–Crippen MR) is 64.0 cm³/mol. The van der Waals surface area contributed by atoms with Crippen molar-refractivity contribution in [3.8, 4) is 11.6 Å². The van der Waals surface area contributed by atoms with Gasteiger partial charge in [-0.1, -0.05) is 31.5 Å². The summed E-state index contributed by atoms with van der Waals surface area (Å²) in [6, 6.07) is 9.68. The SMILES string of the molecule is CCCc1nn(-c2ccccc2)c(O)c1C. The number of hydrogen-bond acceptors (Lipinski definition) is 2. The Bertz CT molecular complexity index is 474. The summed E-state index contributed by atoms with van der Waals surface area (Å²) in [6.07, 6.45) is 1.94. The van der Waals surface area contributed by atoms with Crippen molar-refractivity contribution in [1.82, 2.24) is 9.78 Å². The van der Waals surface area contributed by atoms with E-state index in [1.807, 2.05) is 37.3 Å². The van der Waals surface area contributed by atoms with Gasteiger partial charge in [-0.25, -0.2) is 4.68 Å². The van der Waals surface area contributed by atoms with Crippen LogP contribution in [0.4, 0.5) is 0 Å². The summed E-state index contributed by atoms with van der Waals surface area (Å²) in [4.78, 5) is 0. The number of aromatic nitrogens is 2. The summed E-state index contributed by atoms with van der Waals surface area (Å²) in [6.45, 7) is 4.02.